The lowest BCUT2D eigenvalue weighted by atomic mass is 9.92. The maximum Gasteiger partial charge on any atom is 0.435 e. The molecule has 23 heavy (non-hydrogen) atoms. The zero-order valence-corrected chi connectivity index (χ0v) is 14.0. The number of aliphatic imine (C=N–C) groups is 1. The predicted molar refractivity (Wildman–Crippen MR) is 82.9 cm³/mol. The van der Waals surface area contributed by atoms with Crippen molar-refractivity contribution < 1.29 is 13.2 Å². The maximum atomic E-state index is 13.0. The van der Waals surface area contributed by atoms with E-state index in [-0.39, 0.29) is 12.1 Å². The topological polar surface area (TPSA) is 45.5 Å². The maximum absolute atomic E-state index is 13.0. The molecule has 0 bridgehead atoms. The summed E-state index contributed by atoms with van der Waals surface area (Å²) in [7, 11) is 3.14. The van der Waals surface area contributed by atoms with Crippen molar-refractivity contribution in [1.29, 1.82) is 0 Å². The number of nitrogens with one attached hydrogen (secondary N) is 1. The molecule has 1 aromatic rings. The molecule has 8 heteroatoms. The number of hydrogen-bond donors (Lipinski definition) is 1. The number of hydrogen-bond acceptors (Lipinski definition) is 2. The highest BCUT2D eigenvalue weighted by Gasteiger charge is 2.37. The molecular weight excluding hydrogens is 307 g/mol. The number of aromatic nitrogens is 2. The number of rotatable bonds is 2. The summed E-state index contributed by atoms with van der Waals surface area (Å²) in [5, 5.41) is 6.57. The third-order valence-corrected chi connectivity index (χ3v) is 3.99. The van der Waals surface area contributed by atoms with Crippen molar-refractivity contribution in [2.24, 2.45) is 23.9 Å². The molecule has 2 rings (SSSR count). The largest absolute Gasteiger partial charge is 0.435 e. The van der Waals surface area contributed by atoms with Gasteiger partial charge >= 0.3 is 6.18 Å². The minimum atomic E-state index is -4.45. The van der Waals surface area contributed by atoms with Crippen LogP contribution in [0.25, 0.3) is 0 Å². The highest BCUT2D eigenvalue weighted by Crippen LogP contribution is 2.30. The Balaban J connectivity index is 2.07. The molecule has 0 saturated carbocycles. The molecule has 0 spiro atoms. The fourth-order valence-electron chi connectivity index (χ4n) is 3.25. The van der Waals surface area contributed by atoms with Crippen LogP contribution >= 0.6 is 0 Å². The molecule has 0 aromatic carbocycles. The molecule has 130 valence electrons. The standard InChI is InChI=1S/C15H24F3N5/c1-10-5-11(2)8-23(7-10)14(19-3)20-6-12-9-22(4)21-13(12)15(16,17)18/h9-11H,5-8H2,1-4H3,(H,19,20). The smallest absolute Gasteiger partial charge is 0.352 e. The zero-order valence-electron chi connectivity index (χ0n) is 14.0. The fourth-order valence-corrected chi connectivity index (χ4v) is 3.25. The Labute approximate surface area is 134 Å². The van der Waals surface area contributed by atoms with Crippen LogP contribution in [0, 0.1) is 11.8 Å². The van der Waals surface area contributed by atoms with E-state index in [1.807, 2.05) is 0 Å². The Hall–Kier alpha value is -1.73. The molecule has 0 radical (unpaired) electrons. The minimum Gasteiger partial charge on any atom is -0.352 e. The van der Waals surface area contributed by atoms with Gasteiger partial charge in [0.2, 0.25) is 0 Å². The van der Waals surface area contributed by atoms with E-state index in [4.69, 9.17) is 0 Å². The van der Waals surface area contributed by atoms with E-state index < -0.39 is 11.9 Å². The van der Waals surface area contributed by atoms with E-state index in [1.54, 1.807) is 7.05 Å². The molecule has 1 aromatic heterocycles. The van der Waals surface area contributed by atoms with Crippen molar-refractivity contribution in [2.75, 3.05) is 20.1 Å². The lowest BCUT2D eigenvalue weighted by molar-refractivity contribution is -0.142. The average molecular weight is 331 g/mol. The summed E-state index contributed by atoms with van der Waals surface area (Å²) in [6.45, 7) is 6.14. The number of aryl methyl sites for hydroxylation is 1. The summed E-state index contributed by atoms with van der Waals surface area (Å²) in [4.78, 5) is 6.33. The van der Waals surface area contributed by atoms with Gasteiger partial charge in [0.15, 0.2) is 11.7 Å². The van der Waals surface area contributed by atoms with Crippen molar-refractivity contribution >= 4 is 5.96 Å². The number of nitrogens with zero attached hydrogens (tertiary/aromatic N) is 4. The molecular formula is C15H24F3N5. The Morgan fingerprint density at radius 2 is 1.96 bits per heavy atom. The average Bonchev–Trinajstić information content (AvgIpc) is 2.79. The van der Waals surface area contributed by atoms with Crippen LogP contribution in [0.5, 0.6) is 0 Å². The molecule has 1 aliphatic rings. The van der Waals surface area contributed by atoms with Crippen LogP contribution in [0.1, 0.15) is 31.5 Å². The van der Waals surface area contributed by atoms with E-state index in [0.29, 0.717) is 17.8 Å². The van der Waals surface area contributed by atoms with Crippen molar-refractivity contribution in [3.05, 3.63) is 17.5 Å². The molecule has 2 unspecified atom stereocenters. The monoisotopic (exact) mass is 331 g/mol. The Bertz CT molecular complexity index is 554. The summed E-state index contributed by atoms with van der Waals surface area (Å²) in [6, 6.07) is 0. The molecule has 1 aliphatic heterocycles. The first-order chi connectivity index (χ1) is 10.7. The summed E-state index contributed by atoms with van der Waals surface area (Å²) >= 11 is 0. The number of piperidine rings is 1. The molecule has 2 atom stereocenters. The van der Waals surface area contributed by atoms with Gasteiger partial charge in [-0.2, -0.15) is 18.3 Å². The Morgan fingerprint density at radius 3 is 2.48 bits per heavy atom. The van der Waals surface area contributed by atoms with Crippen molar-refractivity contribution in [2.45, 2.75) is 33.0 Å². The van der Waals surface area contributed by atoms with Gasteiger partial charge in [-0.05, 0) is 18.3 Å². The molecule has 1 N–H and O–H groups in total. The number of halogens is 3. The van der Waals surface area contributed by atoms with Crippen molar-refractivity contribution in [3.63, 3.8) is 0 Å². The summed E-state index contributed by atoms with van der Waals surface area (Å²) in [5.74, 6) is 1.73. The fraction of sp³-hybridized carbons (Fsp3) is 0.733. The lowest BCUT2D eigenvalue weighted by Gasteiger charge is -2.37. The van der Waals surface area contributed by atoms with Crippen molar-refractivity contribution in [1.82, 2.24) is 20.0 Å². The van der Waals surface area contributed by atoms with Gasteiger partial charge in [0.1, 0.15) is 0 Å². The predicted octanol–water partition coefficient (Wildman–Crippen LogP) is 2.49. The van der Waals surface area contributed by atoms with E-state index in [1.165, 1.54) is 17.9 Å². The first-order valence-electron chi connectivity index (χ1n) is 7.76. The third-order valence-electron chi connectivity index (χ3n) is 3.99. The second kappa shape index (κ2) is 6.80. The van der Waals surface area contributed by atoms with Crippen LogP contribution in [-0.4, -0.2) is 40.8 Å². The van der Waals surface area contributed by atoms with Gasteiger partial charge in [-0.3, -0.25) is 9.67 Å². The second-order valence-electron chi connectivity index (χ2n) is 6.43. The van der Waals surface area contributed by atoms with E-state index in [0.717, 1.165) is 19.5 Å². The van der Waals surface area contributed by atoms with Gasteiger partial charge in [-0.15, -0.1) is 0 Å². The SMILES string of the molecule is CN=C(NCc1cn(C)nc1C(F)(F)F)N1CC(C)CC(C)C1. The quantitative estimate of drug-likeness (QED) is 0.669. The third kappa shape index (κ3) is 4.39. The normalized spacial score (nSPS) is 23.3. The lowest BCUT2D eigenvalue weighted by Crippen LogP contribution is -2.48. The Morgan fingerprint density at radius 1 is 1.35 bits per heavy atom. The van der Waals surface area contributed by atoms with Crippen LogP contribution in [-0.2, 0) is 19.8 Å². The van der Waals surface area contributed by atoms with Crippen LogP contribution < -0.4 is 5.32 Å². The van der Waals surface area contributed by atoms with Crippen LogP contribution in [0.2, 0.25) is 0 Å². The molecule has 0 amide bonds. The summed E-state index contributed by atoms with van der Waals surface area (Å²) < 4.78 is 40.1. The van der Waals surface area contributed by atoms with E-state index >= 15 is 0 Å². The van der Waals surface area contributed by atoms with E-state index in [9.17, 15) is 13.2 Å². The summed E-state index contributed by atoms with van der Waals surface area (Å²) in [6.07, 6.45) is -1.89. The molecule has 0 aliphatic carbocycles. The minimum absolute atomic E-state index is 0.0502. The summed E-state index contributed by atoms with van der Waals surface area (Å²) in [5.41, 5.74) is -0.720. The highest BCUT2D eigenvalue weighted by atomic mass is 19.4. The van der Waals surface area contributed by atoms with Gasteiger partial charge in [0.05, 0.1) is 0 Å². The van der Waals surface area contributed by atoms with Gasteiger partial charge in [0, 0.05) is 45.5 Å². The van der Waals surface area contributed by atoms with Crippen LogP contribution in [0.4, 0.5) is 13.2 Å². The molecule has 1 saturated heterocycles. The number of likely N-dealkylation sites (tertiary alicyclic amines) is 1. The van der Waals surface area contributed by atoms with E-state index in [2.05, 4.69) is 34.2 Å². The first-order valence-corrected chi connectivity index (χ1v) is 7.76. The zero-order chi connectivity index (χ0) is 17.2. The van der Waals surface area contributed by atoms with Gasteiger partial charge < -0.3 is 10.2 Å². The second-order valence-corrected chi connectivity index (χ2v) is 6.43. The van der Waals surface area contributed by atoms with Gasteiger partial charge in [0.25, 0.3) is 0 Å². The number of guanidine groups is 1. The van der Waals surface area contributed by atoms with Gasteiger partial charge in [-0.25, -0.2) is 0 Å². The number of alkyl halides is 3. The highest BCUT2D eigenvalue weighted by molar-refractivity contribution is 5.80. The van der Waals surface area contributed by atoms with Crippen LogP contribution in [0.3, 0.4) is 0 Å². The molecule has 5 nitrogen and oxygen atoms in total. The van der Waals surface area contributed by atoms with Gasteiger partial charge in [-0.1, -0.05) is 13.8 Å². The first kappa shape index (κ1) is 17.6. The van der Waals surface area contributed by atoms with Crippen LogP contribution in [0.15, 0.2) is 11.2 Å². The molecule has 2 heterocycles. The Kier molecular flexibility index (Phi) is 5.21. The molecule has 1 fully saturated rings. The van der Waals surface area contributed by atoms with Crippen molar-refractivity contribution in [3.8, 4) is 0 Å².